The number of hydrogen-bond donors (Lipinski definition) is 1. The molecule has 0 saturated carbocycles. The predicted molar refractivity (Wildman–Crippen MR) is 66.6 cm³/mol. The molecule has 0 aliphatic carbocycles. The zero-order valence-corrected chi connectivity index (χ0v) is 10.5. The van der Waals surface area contributed by atoms with E-state index in [0.29, 0.717) is 32.1 Å². The zero-order chi connectivity index (χ0) is 13.5. The summed E-state index contributed by atoms with van der Waals surface area (Å²) in [6.45, 7) is 2.88. The standard InChI is InChI=1S/C13H15N3O3/c14-8-11(10-16-3-6-18-7-4-16)13(17)15-9-12-2-1-5-19-12/h1-2,5,10H,3-4,6-7,9H2,(H,15,17). The average Bonchev–Trinajstić information content (AvgIpc) is 2.96. The molecule has 1 N–H and O–H groups in total. The van der Waals surface area contributed by atoms with Crippen LogP contribution in [0.2, 0.25) is 0 Å². The molecule has 1 amide bonds. The van der Waals surface area contributed by atoms with Gasteiger partial charge in [-0.2, -0.15) is 5.26 Å². The quantitative estimate of drug-likeness (QED) is 0.635. The molecule has 0 aromatic carbocycles. The van der Waals surface area contributed by atoms with E-state index in [1.807, 2.05) is 11.0 Å². The van der Waals surface area contributed by atoms with Crippen LogP contribution in [0.15, 0.2) is 34.6 Å². The maximum atomic E-state index is 11.8. The lowest BCUT2D eigenvalue weighted by Gasteiger charge is -2.25. The summed E-state index contributed by atoms with van der Waals surface area (Å²) >= 11 is 0. The number of furan rings is 1. The van der Waals surface area contributed by atoms with Crippen molar-refractivity contribution in [3.05, 3.63) is 35.9 Å². The molecule has 2 heterocycles. The van der Waals surface area contributed by atoms with Gasteiger partial charge in [0.1, 0.15) is 17.4 Å². The van der Waals surface area contributed by atoms with E-state index in [4.69, 9.17) is 14.4 Å². The third-order valence-electron chi connectivity index (χ3n) is 2.73. The van der Waals surface area contributed by atoms with Crippen molar-refractivity contribution in [3.63, 3.8) is 0 Å². The second kappa shape index (κ2) is 6.61. The molecule has 0 radical (unpaired) electrons. The van der Waals surface area contributed by atoms with Crippen LogP contribution < -0.4 is 5.32 Å². The van der Waals surface area contributed by atoms with Gasteiger partial charge in [0.05, 0.1) is 26.0 Å². The Morgan fingerprint density at radius 3 is 2.95 bits per heavy atom. The molecule has 0 spiro atoms. The van der Waals surface area contributed by atoms with Crippen LogP contribution in [0, 0.1) is 11.3 Å². The molecule has 19 heavy (non-hydrogen) atoms. The van der Waals surface area contributed by atoms with Crippen LogP contribution in [0.5, 0.6) is 0 Å². The Morgan fingerprint density at radius 1 is 1.53 bits per heavy atom. The summed E-state index contributed by atoms with van der Waals surface area (Å²) in [7, 11) is 0. The van der Waals surface area contributed by atoms with Gasteiger partial charge in [-0.25, -0.2) is 0 Å². The maximum Gasteiger partial charge on any atom is 0.263 e. The van der Waals surface area contributed by atoms with Crippen LogP contribution in [0.4, 0.5) is 0 Å². The topological polar surface area (TPSA) is 78.5 Å². The number of rotatable bonds is 4. The number of hydrogen-bond acceptors (Lipinski definition) is 5. The van der Waals surface area contributed by atoms with E-state index in [-0.39, 0.29) is 12.1 Å². The Hall–Kier alpha value is -2.26. The van der Waals surface area contributed by atoms with Crippen molar-refractivity contribution < 1.29 is 13.9 Å². The zero-order valence-electron chi connectivity index (χ0n) is 10.5. The lowest BCUT2D eigenvalue weighted by molar-refractivity contribution is -0.117. The van der Waals surface area contributed by atoms with Crippen LogP contribution in [-0.4, -0.2) is 37.1 Å². The molecule has 6 heteroatoms. The summed E-state index contributed by atoms with van der Waals surface area (Å²) in [5.41, 5.74) is 0.0912. The number of carbonyl (C=O) groups excluding carboxylic acids is 1. The highest BCUT2D eigenvalue weighted by Crippen LogP contribution is 2.03. The Morgan fingerprint density at radius 2 is 2.32 bits per heavy atom. The fraction of sp³-hybridized carbons (Fsp3) is 0.385. The fourth-order valence-electron chi connectivity index (χ4n) is 1.70. The van der Waals surface area contributed by atoms with Crippen molar-refractivity contribution in [2.45, 2.75) is 6.54 Å². The molecular formula is C13H15N3O3. The minimum Gasteiger partial charge on any atom is -0.467 e. The third-order valence-corrected chi connectivity index (χ3v) is 2.73. The van der Waals surface area contributed by atoms with Crippen LogP contribution in [0.3, 0.4) is 0 Å². The lowest BCUT2D eigenvalue weighted by atomic mass is 10.2. The number of carbonyl (C=O) groups is 1. The molecule has 1 aliphatic rings. The van der Waals surface area contributed by atoms with E-state index in [1.165, 1.54) is 6.26 Å². The van der Waals surface area contributed by atoms with Gasteiger partial charge in [0.25, 0.3) is 5.91 Å². The van der Waals surface area contributed by atoms with E-state index < -0.39 is 5.91 Å². The highest BCUT2D eigenvalue weighted by atomic mass is 16.5. The summed E-state index contributed by atoms with van der Waals surface area (Å²) in [5, 5.41) is 11.7. The maximum absolute atomic E-state index is 11.8. The number of nitrogens with zero attached hydrogens (tertiary/aromatic N) is 2. The molecule has 0 unspecified atom stereocenters. The van der Waals surface area contributed by atoms with Crippen LogP contribution in [-0.2, 0) is 16.1 Å². The SMILES string of the molecule is N#CC(=CN1CCOCC1)C(=O)NCc1ccco1. The molecule has 1 aliphatic heterocycles. The van der Waals surface area contributed by atoms with Crippen molar-refractivity contribution in [2.24, 2.45) is 0 Å². The molecule has 2 rings (SSSR count). The first-order valence-corrected chi connectivity index (χ1v) is 6.04. The number of morpholine rings is 1. The number of nitrogens with one attached hydrogen (secondary N) is 1. The van der Waals surface area contributed by atoms with E-state index in [9.17, 15) is 4.79 Å². The number of amides is 1. The van der Waals surface area contributed by atoms with Crippen molar-refractivity contribution in [2.75, 3.05) is 26.3 Å². The Balaban J connectivity index is 1.91. The van der Waals surface area contributed by atoms with Crippen LogP contribution >= 0.6 is 0 Å². The Labute approximate surface area is 111 Å². The van der Waals surface area contributed by atoms with Gasteiger partial charge in [-0.3, -0.25) is 4.79 Å². The van der Waals surface area contributed by atoms with Crippen molar-refractivity contribution >= 4 is 5.91 Å². The average molecular weight is 261 g/mol. The van der Waals surface area contributed by atoms with Gasteiger partial charge in [0.15, 0.2) is 0 Å². The smallest absolute Gasteiger partial charge is 0.263 e. The second-order valence-electron chi connectivity index (χ2n) is 4.06. The molecule has 0 bridgehead atoms. The largest absolute Gasteiger partial charge is 0.467 e. The molecule has 1 aromatic rings. The molecule has 1 fully saturated rings. The summed E-state index contributed by atoms with van der Waals surface area (Å²) in [4.78, 5) is 13.8. The predicted octanol–water partition coefficient (Wildman–Crippen LogP) is 0.635. The van der Waals surface area contributed by atoms with Gasteiger partial charge >= 0.3 is 0 Å². The fourth-order valence-corrected chi connectivity index (χ4v) is 1.70. The monoisotopic (exact) mass is 261 g/mol. The molecule has 6 nitrogen and oxygen atoms in total. The molecule has 1 saturated heterocycles. The van der Waals surface area contributed by atoms with Gasteiger partial charge in [-0.05, 0) is 12.1 Å². The van der Waals surface area contributed by atoms with E-state index in [1.54, 1.807) is 18.3 Å². The summed E-state index contributed by atoms with van der Waals surface area (Å²) in [6, 6.07) is 5.42. The summed E-state index contributed by atoms with van der Waals surface area (Å²) in [6.07, 6.45) is 3.12. The first-order valence-electron chi connectivity index (χ1n) is 6.04. The van der Waals surface area contributed by atoms with Gasteiger partial charge in [0, 0.05) is 19.3 Å². The first-order chi connectivity index (χ1) is 9.29. The molecule has 1 aromatic heterocycles. The molecule has 0 atom stereocenters. The summed E-state index contributed by atoms with van der Waals surface area (Å²) < 4.78 is 10.3. The van der Waals surface area contributed by atoms with Gasteiger partial charge in [-0.15, -0.1) is 0 Å². The second-order valence-corrected chi connectivity index (χ2v) is 4.06. The van der Waals surface area contributed by atoms with Crippen molar-refractivity contribution in [1.82, 2.24) is 10.2 Å². The minimum atomic E-state index is -0.398. The van der Waals surface area contributed by atoms with Crippen molar-refractivity contribution in [1.29, 1.82) is 5.26 Å². The highest BCUT2D eigenvalue weighted by Gasteiger charge is 2.13. The van der Waals surface area contributed by atoms with Crippen LogP contribution in [0.25, 0.3) is 0 Å². The van der Waals surface area contributed by atoms with Crippen LogP contribution in [0.1, 0.15) is 5.76 Å². The highest BCUT2D eigenvalue weighted by molar-refractivity contribution is 5.97. The normalized spacial score (nSPS) is 15.9. The third kappa shape index (κ3) is 3.86. The Bertz CT molecular complexity index is 482. The number of nitriles is 1. The minimum absolute atomic E-state index is 0.0912. The van der Waals surface area contributed by atoms with E-state index in [0.717, 1.165) is 0 Å². The number of ether oxygens (including phenoxy) is 1. The van der Waals surface area contributed by atoms with Gasteiger partial charge in [0.2, 0.25) is 0 Å². The molecular weight excluding hydrogens is 246 g/mol. The summed E-state index contributed by atoms with van der Waals surface area (Å²) in [5.74, 6) is 0.252. The van der Waals surface area contributed by atoms with Crippen molar-refractivity contribution in [3.8, 4) is 6.07 Å². The van der Waals surface area contributed by atoms with Gasteiger partial charge in [-0.1, -0.05) is 0 Å². The first kappa shape index (κ1) is 13.2. The lowest BCUT2D eigenvalue weighted by Crippen LogP contribution is -2.33. The van der Waals surface area contributed by atoms with E-state index in [2.05, 4.69) is 5.32 Å². The molecule has 100 valence electrons. The van der Waals surface area contributed by atoms with E-state index >= 15 is 0 Å². The Kier molecular flexibility index (Phi) is 4.59. The van der Waals surface area contributed by atoms with Gasteiger partial charge < -0.3 is 19.4 Å².